The Labute approximate surface area is 240 Å². The van der Waals surface area contributed by atoms with Gasteiger partial charge >= 0.3 is 0 Å². The number of hydrogen-bond donors (Lipinski definition) is 0. The van der Waals surface area contributed by atoms with Gasteiger partial charge in [-0.15, -0.1) is 0 Å². The first-order valence-corrected chi connectivity index (χ1v) is 13.8. The molecule has 6 aromatic carbocycles. The van der Waals surface area contributed by atoms with Crippen LogP contribution in [0.1, 0.15) is 0 Å². The van der Waals surface area contributed by atoms with Gasteiger partial charge in [0.15, 0.2) is 23.0 Å². The first kappa shape index (κ1) is 23.0. The second-order valence-corrected chi connectivity index (χ2v) is 10.4. The lowest BCUT2D eigenvalue weighted by Crippen LogP contribution is -2.15. The topological polar surface area (TPSA) is 29.9 Å². The van der Waals surface area contributed by atoms with Crippen molar-refractivity contribution in [2.24, 2.45) is 0 Å². The summed E-state index contributed by atoms with van der Waals surface area (Å²) in [5.41, 5.74) is 6.61. The summed E-state index contributed by atoms with van der Waals surface area (Å²) < 4.78 is 28.2. The number of anilines is 6. The van der Waals surface area contributed by atoms with Crippen LogP contribution in [0.2, 0.25) is 0 Å². The highest BCUT2D eigenvalue weighted by atomic mass is 19.2. The van der Waals surface area contributed by atoms with Crippen LogP contribution in [0.5, 0.6) is 23.0 Å². The van der Waals surface area contributed by atoms with Crippen LogP contribution in [-0.2, 0) is 0 Å². The lowest BCUT2D eigenvalue weighted by atomic mass is 10.1. The molecule has 0 fully saturated rings. The molecule has 0 aliphatic carbocycles. The van der Waals surface area contributed by atoms with Crippen LogP contribution < -0.4 is 19.3 Å². The maximum absolute atomic E-state index is 15.8. The fraction of sp³-hybridized carbons (Fsp3) is 0. The van der Waals surface area contributed by atoms with Gasteiger partial charge in [-0.05, 0) is 84.9 Å². The van der Waals surface area contributed by atoms with Crippen molar-refractivity contribution in [1.29, 1.82) is 0 Å². The Bertz CT molecular complexity index is 1960. The Balaban J connectivity index is 1.26. The fourth-order valence-corrected chi connectivity index (χ4v) is 6.20. The summed E-state index contributed by atoms with van der Waals surface area (Å²) in [7, 11) is 0. The molecule has 2 aliphatic heterocycles. The second-order valence-electron chi connectivity index (χ2n) is 10.4. The maximum atomic E-state index is 15.8. The van der Waals surface area contributed by atoms with E-state index in [2.05, 4.69) is 21.9 Å². The van der Waals surface area contributed by atoms with E-state index in [9.17, 15) is 0 Å². The molecule has 200 valence electrons. The van der Waals surface area contributed by atoms with Crippen LogP contribution in [-0.4, -0.2) is 4.79 Å². The monoisotopic (exact) mass is 547 g/mol. The number of rotatable bonds is 2. The average Bonchev–Trinajstić information content (AvgIpc) is 3.32. The minimum absolute atomic E-state index is 0.517. The number of benzene rings is 6. The van der Waals surface area contributed by atoms with Crippen molar-refractivity contribution in [2.45, 2.75) is 0 Å². The van der Waals surface area contributed by atoms with Gasteiger partial charge in [0, 0.05) is 22.1 Å². The van der Waals surface area contributed by atoms with Gasteiger partial charge in [-0.25, -0.2) is 0 Å². The largest absolute Gasteiger partial charge is 0.453 e. The molecular weight excluding hydrogens is 525 g/mol. The third-order valence-corrected chi connectivity index (χ3v) is 8.05. The van der Waals surface area contributed by atoms with Gasteiger partial charge in [0.05, 0.1) is 33.8 Å². The van der Waals surface area contributed by atoms with E-state index >= 15 is 4.48 Å². The minimum Gasteiger partial charge on any atom is -0.453 e. The van der Waals surface area contributed by atoms with E-state index in [4.69, 9.17) is 9.47 Å². The number of ether oxygens (including phenoxy) is 2. The maximum Gasteiger partial charge on any atom is 0.151 e. The first-order chi connectivity index (χ1) is 20.7. The molecule has 2 aliphatic rings. The lowest BCUT2D eigenvalue weighted by Gasteiger charge is -2.33. The molecule has 0 radical (unpaired) electrons. The predicted octanol–water partition coefficient (Wildman–Crippen LogP) is 10.7. The molecule has 42 heavy (non-hydrogen) atoms. The third kappa shape index (κ3) is 3.23. The quantitative estimate of drug-likeness (QED) is 0.215. The standard InChI is InChI=1S/C36H22FN3O2/c37-40-27-19-17-23(38-29-9-1-5-13-33(29)41-34-14-6-2-10-30(34)38)21-25(27)26-22-24(18-20-28(26)40)39-31-11-3-7-15-35(31)42-36-16-8-4-12-32(36)39/h1-22H. The minimum atomic E-state index is 0.517. The van der Waals surface area contributed by atoms with Gasteiger partial charge in [-0.1, -0.05) is 53.0 Å². The van der Waals surface area contributed by atoms with Crippen LogP contribution in [0.15, 0.2) is 133 Å². The van der Waals surface area contributed by atoms with Gasteiger partial charge in [0.25, 0.3) is 0 Å². The van der Waals surface area contributed by atoms with Crippen molar-refractivity contribution in [3.63, 3.8) is 0 Å². The zero-order chi connectivity index (χ0) is 27.8. The smallest absolute Gasteiger partial charge is 0.151 e. The summed E-state index contributed by atoms with van der Waals surface area (Å²) in [4.78, 5) is 5.13. The Morgan fingerprint density at radius 2 is 0.738 bits per heavy atom. The van der Waals surface area contributed by atoms with Gasteiger partial charge in [0.1, 0.15) is 0 Å². The Hall–Kier alpha value is -5.75. The molecule has 0 bridgehead atoms. The van der Waals surface area contributed by atoms with E-state index in [0.29, 0.717) is 11.0 Å². The number of hydrogen-bond acceptors (Lipinski definition) is 4. The molecular formula is C36H22FN3O2. The summed E-state index contributed by atoms with van der Waals surface area (Å²) in [5.74, 6) is 3.10. The summed E-state index contributed by atoms with van der Waals surface area (Å²) in [6.45, 7) is 0. The second kappa shape index (κ2) is 8.62. The molecule has 0 unspecified atom stereocenters. The molecule has 7 aromatic rings. The van der Waals surface area contributed by atoms with Crippen LogP contribution in [0.3, 0.4) is 0 Å². The average molecular weight is 548 g/mol. The molecule has 9 rings (SSSR count). The van der Waals surface area contributed by atoms with E-state index in [1.54, 1.807) is 0 Å². The number of para-hydroxylation sites is 8. The highest BCUT2D eigenvalue weighted by Crippen LogP contribution is 2.52. The summed E-state index contributed by atoms with van der Waals surface area (Å²) >= 11 is 0. The Kier molecular flexibility index (Phi) is 4.72. The molecule has 5 nitrogen and oxygen atoms in total. The molecule has 0 saturated heterocycles. The molecule has 0 saturated carbocycles. The van der Waals surface area contributed by atoms with Gasteiger partial charge < -0.3 is 19.3 Å². The molecule has 0 atom stereocenters. The number of nitrogens with zero attached hydrogens (tertiary/aromatic N) is 3. The summed E-state index contributed by atoms with van der Waals surface area (Å²) in [6.07, 6.45) is 0. The molecule has 3 heterocycles. The van der Waals surface area contributed by atoms with Crippen LogP contribution in [0, 0.1) is 0 Å². The van der Waals surface area contributed by atoms with Crippen molar-refractivity contribution in [2.75, 3.05) is 9.80 Å². The van der Waals surface area contributed by atoms with Crippen LogP contribution >= 0.6 is 0 Å². The van der Waals surface area contributed by atoms with Gasteiger partial charge in [-0.2, -0.15) is 4.79 Å². The predicted molar refractivity (Wildman–Crippen MR) is 165 cm³/mol. The van der Waals surface area contributed by atoms with Crippen molar-refractivity contribution >= 4 is 55.9 Å². The van der Waals surface area contributed by atoms with E-state index in [1.807, 2.05) is 121 Å². The van der Waals surface area contributed by atoms with Crippen molar-refractivity contribution < 1.29 is 14.0 Å². The number of aromatic nitrogens is 1. The highest BCUT2D eigenvalue weighted by molar-refractivity contribution is 6.11. The van der Waals surface area contributed by atoms with Crippen LogP contribution in [0.25, 0.3) is 21.8 Å². The van der Waals surface area contributed by atoms with Gasteiger partial charge in [-0.3, -0.25) is 0 Å². The van der Waals surface area contributed by atoms with Gasteiger partial charge in [0.2, 0.25) is 0 Å². The summed E-state index contributed by atoms with van der Waals surface area (Å²) in [6, 6.07) is 43.7. The van der Waals surface area contributed by atoms with E-state index in [0.717, 1.165) is 72.7 Å². The highest BCUT2D eigenvalue weighted by Gasteiger charge is 2.28. The first-order valence-electron chi connectivity index (χ1n) is 13.8. The van der Waals surface area contributed by atoms with Crippen molar-refractivity contribution in [3.05, 3.63) is 133 Å². The summed E-state index contributed by atoms with van der Waals surface area (Å²) in [5, 5.41) is 1.64. The van der Waals surface area contributed by atoms with Crippen molar-refractivity contribution in [1.82, 2.24) is 4.79 Å². The molecule has 0 N–H and O–H groups in total. The number of halogens is 1. The fourth-order valence-electron chi connectivity index (χ4n) is 6.20. The molecule has 0 spiro atoms. The Morgan fingerprint density at radius 3 is 1.10 bits per heavy atom. The van der Waals surface area contributed by atoms with E-state index < -0.39 is 0 Å². The Morgan fingerprint density at radius 1 is 0.405 bits per heavy atom. The van der Waals surface area contributed by atoms with E-state index in [-0.39, 0.29) is 0 Å². The number of fused-ring (bicyclic) bond motifs is 7. The van der Waals surface area contributed by atoms with Crippen molar-refractivity contribution in [3.8, 4) is 23.0 Å². The third-order valence-electron chi connectivity index (χ3n) is 8.05. The SMILES string of the molecule is Fn1c2ccc(N3c4ccccc4Oc4ccccc43)cc2c2cc(N3c4ccccc4Oc4ccccc43)ccc21. The molecule has 0 amide bonds. The van der Waals surface area contributed by atoms with E-state index in [1.165, 1.54) is 0 Å². The zero-order valence-corrected chi connectivity index (χ0v) is 22.2. The zero-order valence-electron chi connectivity index (χ0n) is 22.2. The van der Waals surface area contributed by atoms with Crippen LogP contribution in [0.4, 0.5) is 38.6 Å². The molecule has 6 heteroatoms. The molecule has 1 aromatic heterocycles. The lowest BCUT2D eigenvalue weighted by molar-refractivity contribution is 0.405. The normalized spacial score (nSPS) is 13.2.